The molecule has 0 aromatic heterocycles. The number of nitrogens with one attached hydrogen (secondary N) is 1. The lowest BCUT2D eigenvalue weighted by Crippen LogP contribution is -2.43. The number of ether oxygens (including phenoxy) is 1. The lowest BCUT2D eigenvalue weighted by Gasteiger charge is -2.26. The maximum atomic E-state index is 5.62. The molecule has 2 heterocycles. The first-order chi connectivity index (χ1) is 4.20. The van der Waals surface area contributed by atoms with Gasteiger partial charge in [0, 0.05) is 18.6 Å². The van der Waals surface area contributed by atoms with Crippen LogP contribution in [0.4, 0.5) is 0 Å². The highest BCUT2D eigenvalue weighted by atomic mass is 16.5. The number of morpholine rings is 1. The van der Waals surface area contributed by atoms with Crippen LogP contribution in [0.2, 0.25) is 0 Å². The van der Waals surface area contributed by atoms with Crippen LogP contribution in [0.15, 0.2) is 0 Å². The number of fused-ring (bicyclic) bond motifs is 2. The summed E-state index contributed by atoms with van der Waals surface area (Å²) in [4.78, 5) is 0. The second kappa shape index (κ2) is 1.52. The summed E-state index contributed by atoms with van der Waals surface area (Å²) in [7, 11) is 5.62. The molecule has 2 unspecified atom stereocenters. The van der Waals surface area contributed by atoms with E-state index in [-0.39, 0.29) is 11.6 Å². The summed E-state index contributed by atoms with van der Waals surface area (Å²) in [5, 5.41) is 3.30. The van der Waals surface area contributed by atoms with E-state index in [0.717, 1.165) is 13.0 Å². The van der Waals surface area contributed by atoms with Gasteiger partial charge in [-0.05, 0) is 13.3 Å². The van der Waals surface area contributed by atoms with Crippen LogP contribution in [0.1, 0.15) is 13.3 Å². The van der Waals surface area contributed by atoms with E-state index < -0.39 is 0 Å². The molecule has 3 heteroatoms. The molecule has 0 aromatic carbocycles. The Labute approximate surface area is 56.4 Å². The van der Waals surface area contributed by atoms with Gasteiger partial charge >= 0.3 is 0 Å². The molecule has 0 saturated carbocycles. The van der Waals surface area contributed by atoms with Gasteiger partial charge in [0.2, 0.25) is 0 Å². The predicted octanol–water partition coefficient (Wildman–Crippen LogP) is -0.368. The number of hydrogen-bond acceptors (Lipinski definition) is 2. The fraction of sp³-hybridized carbons (Fsp3) is 1.00. The van der Waals surface area contributed by atoms with Crippen molar-refractivity contribution in [3.8, 4) is 0 Å². The molecule has 2 rings (SSSR count). The maximum Gasteiger partial charge on any atom is 0.111 e. The third kappa shape index (κ3) is 0.716. The molecule has 0 amide bonds. The minimum atomic E-state index is -0.0660. The lowest BCUT2D eigenvalue weighted by molar-refractivity contribution is -0.0112. The summed E-state index contributed by atoms with van der Waals surface area (Å²) in [6, 6.07) is 0.346. The molecule has 1 N–H and O–H groups in total. The van der Waals surface area contributed by atoms with Crippen molar-refractivity contribution < 1.29 is 4.74 Å². The van der Waals surface area contributed by atoms with Crippen LogP contribution in [0.5, 0.6) is 0 Å². The van der Waals surface area contributed by atoms with E-state index >= 15 is 0 Å². The Hall–Kier alpha value is -0.0151. The second-order valence-electron chi connectivity index (χ2n) is 3.22. The molecule has 9 heavy (non-hydrogen) atoms. The average Bonchev–Trinajstić information content (AvgIpc) is 2.20. The molecular formula is C6H10BNO. The first-order valence-corrected chi connectivity index (χ1v) is 3.36. The molecule has 48 valence electrons. The lowest BCUT2D eigenvalue weighted by atomic mass is 9.93. The van der Waals surface area contributed by atoms with Gasteiger partial charge < -0.3 is 10.1 Å². The normalized spacial score (nSPS) is 56.6. The zero-order chi connectivity index (χ0) is 6.48. The first-order valence-electron chi connectivity index (χ1n) is 3.36. The minimum absolute atomic E-state index is 0.0457. The molecule has 3 atom stereocenters. The van der Waals surface area contributed by atoms with Gasteiger partial charge in [0.05, 0.1) is 5.60 Å². The fourth-order valence-corrected chi connectivity index (χ4v) is 1.69. The Balaban J connectivity index is 2.19. The Morgan fingerprint density at radius 1 is 1.78 bits per heavy atom. The largest absolute Gasteiger partial charge is 0.379 e. The SMILES string of the molecule is [B]C1O[C@@]2(C)CNC1C2. The van der Waals surface area contributed by atoms with E-state index in [4.69, 9.17) is 12.6 Å². The summed E-state index contributed by atoms with van der Waals surface area (Å²) >= 11 is 0. The molecule has 0 spiro atoms. The maximum absolute atomic E-state index is 5.62. The van der Waals surface area contributed by atoms with E-state index in [9.17, 15) is 0 Å². The molecule has 0 aliphatic carbocycles. The third-order valence-electron chi connectivity index (χ3n) is 2.21. The second-order valence-corrected chi connectivity index (χ2v) is 3.22. The van der Waals surface area contributed by atoms with Gasteiger partial charge in [-0.2, -0.15) is 0 Å². The third-order valence-corrected chi connectivity index (χ3v) is 2.21. The van der Waals surface area contributed by atoms with Gasteiger partial charge in [0.25, 0.3) is 0 Å². The van der Waals surface area contributed by atoms with E-state index in [1.165, 1.54) is 0 Å². The van der Waals surface area contributed by atoms with Crippen LogP contribution in [-0.4, -0.2) is 32.0 Å². The summed E-state index contributed by atoms with van der Waals surface area (Å²) in [5.41, 5.74) is 0.0457. The highest BCUT2D eigenvalue weighted by Crippen LogP contribution is 2.33. The molecule has 2 aliphatic heterocycles. The highest BCUT2D eigenvalue weighted by molar-refractivity contribution is 6.11. The van der Waals surface area contributed by atoms with Crippen molar-refractivity contribution in [1.29, 1.82) is 0 Å². The van der Waals surface area contributed by atoms with Crippen molar-refractivity contribution in [2.45, 2.75) is 31.0 Å². The van der Waals surface area contributed by atoms with Gasteiger partial charge in [-0.25, -0.2) is 0 Å². The molecule has 2 saturated heterocycles. The molecule has 2 nitrogen and oxygen atoms in total. The fourth-order valence-electron chi connectivity index (χ4n) is 1.69. The summed E-state index contributed by atoms with van der Waals surface area (Å²) in [6.45, 7) is 3.07. The molecule has 2 bridgehead atoms. The van der Waals surface area contributed by atoms with E-state index in [2.05, 4.69) is 12.2 Å². The van der Waals surface area contributed by atoms with Crippen LogP contribution in [0, 0.1) is 0 Å². The van der Waals surface area contributed by atoms with Gasteiger partial charge in [-0.15, -0.1) is 0 Å². The quantitative estimate of drug-likeness (QED) is 0.444. The standard InChI is InChI=1S/C6H10BNO/c1-6-2-4(8-3-6)5(7)9-6/h4-5,8H,2-3H2,1H3/t4?,5?,6-/m1/s1. The molecule has 2 aliphatic rings. The first kappa shape index (κ1) is 5.75. The molecule has 0 aromatic rings. The summed E-state index contributed by atoms with van der Waals surface area (Å²) < 4.78 is 5.46. The van der Waals surface area contributed by atoms with Crippen LogP contribution in [0.25, 0.3) is 0 Å². The van der Waals surface area contributed by atoms with Crippen molar-refractivity contribution in [2.24, 2.45) is 0 Å². The van der Waals surface area contributed by atoms with Crippen molar-refractivity contribution in [3.05, 3.63) is 0 Å². The van der Waals surface area contributed by atoms with E-state index in [0.29, 0.717) is 6.04 Å². The Morgan fingerprint density at radius 2 is 2.56 bits per heavy atom. The Kier molecular flexibility index (Phi) is 0.973. The van der Waals surface area contributed by atoms with Crippen LogP contribution >= 0.6 is 0 Å². The molecule has 2 fully saturated rings. The topological polar surface area (TPSA) is 21.3 Å². The molecular weight excluding hydrogens is 113 g/mol. The Bertz CT molecular complexity index is 137. The summed E-state index contributed by atoms with van der Waals surface area (Å²) in [5.74, 6) is 0. The highest BCUT2D eigenvalue weighted by Gasteiger charge is 2.46. The minimum Gasteiger partial charge on any atom is -0.379 e. The van der Waals surface area contributed by atoms with Crippen LogP contribution in [0.3, 0.4) is 0 Å². The van der Waals surface area contributed by atoms with E-state index in [1.54, 1.807) is 0 Å². The van der Waals surface area contributed by atoms with Gasteiger partial charge in [0.15, 0.2) is 0 Å². The Morgan fingerprint density at radius 3 is 2.78 bits per heavy atom. The number of rotatable bonds is 0. The van der Waals surface area contributed by atoms with Crippen LogP contribution < -0.4 is 5.32 Å². The van der Waals surface area contributed by atoms with Crippen molar-refractivity contribution >= 4 is 7.85 Å². The van der Waals surface area contributed by atoms with Gasteiger partial charge in [0.1, 0.15) is 7.85 Å². The average molecular weight is 123 g/mol. The zero-order valence-electron chi connectivity index (χ0n) is 5.55. The van der Waals surface area contributed by atoms with Crippen LogP contribution in [-0.2, 0) is 4.74 Å². The summed E-state index contributed by atoms with van der Waals surface area (Å²) in [6.07, 6.45) is 1.08. The smallest absolute Gasteiger partial charge is 0.111 e. The number of hydrogen-bond donors (Lipinski definition) is 1. The molecule has 2 radical (unpaired) electrons. The monoisotopic (exact) mass is 123 g/mol. The van der Waals surface area contributed by atoms with Gasteiger partial charge in [-0.1, -0.05) is 0 Å². The van der Waals surface area contributed by atoms with Crippen molar-refractivity contribution in [3.63, 3.8) is 0 Å². The van der Waals surface area contributed by atoms with Crippen molar-refractivity contribution in [1.82, 2.24) is 5.32 Å². The predicted molar refractivity (Wildman–Crippen MR) is 35.4 cm³/mol. The van der Waals surface area contributed by atoms with Gasteiger partial charge in [-0.3, -0.25) is 0 Å². The zero-order valence-corrected chi connectivity index (χ0v) is 5.55. The van der Waals surface area contributed by atoms with Crippen molar-refractivity contribution in [2.75, 3.05) is 6.54 Å². The van der Waals surface area contributed by atoms with E-state index in [1.807, 2.05) is 0 Å².